The van der Waals surface area contributed by atoms with Crippen molar-refractivity contribution in [1.29, 1.82) is 0 Å². The maximum Gasteiger partial charge on any atom is 0.161 e. The van der Waals surface area contributed by atoms with Crippen LogP contribution < -0.4 is 14.8 Å². The van der Waals surface area contributed by atoms with Crippen LogP contribution in [0.4, 0.5) is 4.39 Å². The monoisotopic (exact) mass is 345 g/mol. The summed E-state index contributed by atoms with van der Waals surface area (Å²) in [6.07, 6.45) is 2.26. The fraction of sp³-hybridized carbons (Fsp3) is 0.400. The van der Waals surface area contributed by atoms with Crippen molar-refractivity contribution < 1.29 is 18.6 Å². The van der Waals surface area contributed by atoms with Crippen molar-refractivity contribution in [3.63, 3.8) is 0 Å². The minimum Gasteiger partial charge on any atom is -0.493 e. The molecule has 4 nitrogen and oxygen atoms in total. The molecule has 1 aliphatic rings. The molecule has 1 saturated heterocycles. The normalized spacial score (nSPS) is 17.3. The van der Waals surface area contributed by atoms with Crippen molar-refractivity contribution in [2.24, 2.45) is 0 Å². The van der Waals surface area contributed by atoms with E-state index in [0.717, 1.165) is 43.7 Å². The van der Waals surface area contributed by atoms with Crippen LogP contribution >= 0.6 is 0 Å². The van der Waals surface area contributed by atoms with Gasteiger partial charge in [0.05, 0.1) is 13.7 Å². The molecular weight excluding hydrogens is 321 g/mol. The molecule has 1 fully saturated rings. The topological polar surface area (TPSA) is 39.7 Å². The Balaban J connectivity index is 1.57. The number of hydrogen-bond donors (Lipinski definition) is 1. The molecule has 0 amide bonds. The van der Waals surface area contributed by atoms with Crippen LogP contribution in [0.5, 0.6) is 11.5 Å². The van der Waals surface area contributed by atoms with Crippen molar-refractivity contribution >= 4 is 0 Å². The van der Waals surface area contributed by atoms with Crippen LogP contribution in [0.2, 0.25) is 0 Å². The second-order valence-electron chi connectivity index (χ2n) is 6.20. The number of nitrogens with one attached hydrogen (secondary N) is 1. The molecule has 0 aromatic heterocycles. The van der Waals surface area contributed by atoms with E-state index in [1.807, 2.05) is 18.2 Å². The maximum atomic E-state index is 12.9. The summed E-state index contributed by atoms with van der Waals surface area (Å²) >= 11 is 0. The highest BCUT2D eigenvalue weighted by Crippen LogP contribution is 2.29. The zero-order chi connectivity index (χ0) is 17.5. The summed E-state index contributed by atoms with van der Waals surface area (Å²) in [5.74, 6) is 1.12. The summed E-state index contributed by atoms with van der Waals surface area (Å²) in [7, 11) is 1.63. The fourth-order valence-electron chi connectivity index (χ4n) is 2.85. The van der Waals surface area contributed by atoms with Gasteiger partial charge < -0.3 is 19.5 Å². The Morgan fingerprint density at radius 3 is 2.64 bits per heavy atom. The summed E-state index contributed by atoms with van der Waals surface area (Å²) in [5.41, 5.74) is 2.04. The predicted octanol–water partition coefficient (Wildman–Crippen LogP) is 3.68. The van der Waals surface area contributed by atoms with E-state index in [-0.39, 0.29) is 5.82 Å². The van der Waals surface area contributed by atoms with Gasteiger partial charge in [-0.15, -0.1) is 0 Å². The molecule has 1 unspecified atom stereocenters. The van der Waals surface area contributed by atoms with Crippen LogP contribution in [-0.2, 0) is 17.9 Å². The van der Waals surface area contributed by atoms with E-state index < -0.39 is 0 Å². The summed E-state index contributed by atoms with van der Waals surface area (Å²) in [4.78, 5) is 0. The maximum absolute atomic E-state index is 12.9. The van der Waals surface area contributed by atoms with Crippen molar-refractivity contribution in [2.45, 2.75) is 32.0 Å². The van der Waals surface area contributed by atoms with E-state index in [4.69, 9.17) is 14.2 Å². The first-order valence-corrected chi connectivity index (χ1v) is 8.60. The summed E-state index contributed by atoms with van der Waals surface area (Å²) in [6.45, 7) is 2.78. The molecule has 0 radical (unpaired) electrons. The molecule has 134 valence electrons. The van der Waals surface area contributed by atoms with E-state index in [9.17, 15) is 4.39 Å². The minimum absolute atomic E-state index is 0.249. The van der Waals surface area contributed by atoms with Gasteiger partial charge in [-0.1, -0.05) is 18.2 Å². The number of benzene rings is 2. The fourth-order valence-corrected chi connectivity index (χ4v) is 2.85. The lowest BCUT2D eigenvalue weighted by Gasteiger charge is -2.23. The van der Waals surface area contributed by atoms with Crippen LogP contribution in [0, 0.1) is 5.82 Å². The van der Waals surface area contributed by atoms with Crippen molar-refractivity contribution in [3.8, 4) is 11.5 Å². The van der Waals surface area contributed by atoms with Gasteiger partial charge in [0.25, 0.3) is 0 Å². The Morgan fingerprint density at radius 1 is 1.12 bits per heavy atom. The lowest BCUT2D eigenvalue weighted by molar-refractivity contribution is 0.0699. The Hall–Kier alpha value is -2.11. The first-order valence-electron chi connectivity index (χ1n) is 8.60. The van der Waals surface area contributed by atoms with Gasteiger partial charge in [0.1, 0.15) is 12.4 Å². The largest absolute Gasteiger partial charge is 0.493 e. The van der Waals surface area contributed by atoms with Gasteiger partial charge in [0.15, 0.2) is 11.5 Å². The standard InChI is InChI=1S/C20H24FNO3/c1-23-20-11-16(12-22-18-3-2-10-24-14-18)6-9-19(20)25-13-15-4-7-17(21)8-5-15/h4-9,11,18,22H,2-3,10,12-14H2,1H3. The summed E-state index contributed by atoms with van der Waals surface area (Å²) in [5, 5.41) is 3.51. The zero-order valence-electron chi connectivity index (χ0n) is 14.5. The van der Waals surface area contributed by atoms with E-state index >= 15 is 0 Å². The highest BCUT2D eigenvalue weighted by molar-refractivity contribution is 5.43. The second-order valence-corrected chi connectivity index (χ2v) is 6.20. The van der Waals surface area contributed by atoms with E-state index in [1.165, 1.54) is 12.1 Å². The van der Waals surface area contributed by atoms with Gasteiger partial charge >= 0.3 is 0 Å². The second kappa shape index (κ2) is 8.83. The number of rotatable bonds is 7. The average molecular weight is 345 g/mol. The number of ether oxygens (including phenoxy) is 3. The Bertz CT molecular complexity index is 669. The molecule has 2 aromatic carbocycles. The van der Waals surface area contributed by atoms with Gasteiger partial charge in [-0.05, 0) is 48.2 Å². The number of hydrogen-bond acceptors (Lipinski definition) is 4. The van der Waals surface area contributed by atoms with Gasteiger partial charge in [0, 0.05) is 19.2 Å². The Kier molecular flexibility index (Phi) is 6.25. The van der Waals surface area contributed by atoms with Crippen molar-refractivity contribution in [3.05, 3.63) is 59.4 Å². The molecular formula is C20H24FNO3. The van der Waals surface area contributed by atoms with E-state index in [1.54, 1.807) is 19.2 Å². The van der Waals surface area contributed by atoms with Crippen LogP contribution in [0.15, 0.2) is 42.5 Å². The lowest BCUT2D eigenvalue weighted by atomic mass is 10.1. The number of halogens is 1. The molecule has 1 aliphatic heterocycles. The van der Waals surface area contributed by atoms with Crippen LogP contribution in [-0.4, -0.2) is 26.4 Å². The van der Waals surface area contributed by atoms with Crippen molar-refractivity contribution in [2.75, 3.05) is 20.3 Å². The molecule has 0 saturated carbocycles. The molecule has 25 heavy (non-hydrogen) atoms. The highest BCUT2D eigenvalue weighted by atomic mass is 19.1. The molecule has 5 heteroatoms. The first-order chi connectivity index (χ1) is 12.2. The molecule has 0 aliphatic carbocycles. The third-order valence-corrected chi connectivity index (χ3v) is 4.29. The van der Waals surface area contributed by atoms with Gasteiger partial charge in [-0.2, -0.15) is 0 Å². The van der Waals surface area contributed by atoms with Gasteiger partial charge in [-0.3, -0.25) is 0 Å². The Labute approximate surface area is 147 Å². The van der Waals surface area contributed by atoms with Gasteiger partial charge in [-0.25, -0.2) is 4.39 Å². The number of methoxy groups -OCH3 is 1. The molecule has 3 rings (SSSR count). The van der Waals surface area contributed by atoms with Crippen molar-refractivity contribution in [1.82, 2.24) is 5.32 Å². The third kappa shape index (κ3) is 5.18. The average Bonchev–Trinajstić information content (AvgIpc) is 2.67. The summed E-state index contributed by atoms with van der Waals surface area (Å²) < 4.78 is 29.7. The van der Waals surface area contributed by atoms with E-state index in [0.29, 0.717) is 24.1 Å². The lowest BCUT2D eigenvalue weighted by Crippen LogP contribution is -2.36. The highest BCUT2D eigenvalue weighted by Gasteiger charge is 2.13. The van der Waals surface area contributed by atoms with Crippen LogP contribution in [0.1, 0.15) is 24.0 Å². The smallest absolute Gasteiger partial charge is 0.161 e. The summed E-state index contributed by atoms with van der Waals surface area (Å²) in [6, 6.07) is 12.6. The molecule has 1 atom stereocenters. The molecule has 1 heterocycles. The quantitative estimate of drug-likeness (QED) is 0.831. The van der Waals surface area contributed by atoms with Crippen LogP contribution in [0.25, 0.3) is 0 Å². The van der Waals surface area contributed by atoms with Gasteiger partial charge in [0.2, 0.25) is 0 Å². The van der Waals surface area contributed by atoms with Crippen LogP contribution in [0.3, 0.4) is 0 Å². The minimum atomic E-state index is -0.249. The Morgan fingerprint density at radius 2 is 1.92 bits per heavy atom. The zero-order valence-corrected chi connectivity index (χ0v) is 14.5. The molecule has 0 spiro atoms. The molecule has 1 N–H and O–H groups in total. The first kappa shape index (κ1) is 17.7. The molecule has 0 bridgehead atoms. The third-order valence-electron chi connectivity index (χ3n) is 4.29. The predicted molar refractivity (Wildman–Crippen MR) is 94.4 cm³/mol. The molecule has 2 aromatic rings. The van der Waals surface area contributed by atoms with E-state index in [2.05, 4.69) is 5.32 Å². The SMILES string of the molecule is COc1cc(CNC2CCCOC2)ccc1OCc1ccc(F)cc1.